The Morgan fingerprint density at radius 3 is 1.14 bits per heavy atom. The lowest BCUT2D eigenvalue weighted by atomic mass is 9.33. The molecule has 0 saturated carbocycles. The number of rotatable bonds is 9. The number of nitrogens with zero attached hydrogens (tertiary/aromatic N) is 7. The zero-order valence-corrected chi connectivity index (χ0v) is 65.0. The molecular formula is C109H84BN7. The average molecular weight is 1530 g/mol. The van der Waals surface area contributed by atoms with Crippen LogP contribution >= 0.6 is 0 Å². The van der Waals surface area contributed by atoms with Crippen LogP contribution in [0.25, 0.3) is 143 Å². The Hall–Kier alpha value is -14.1. The molecule has 2 aliphatic rings. The van der Waals surface area contributed by atoms with Gasteiger partial charge in [0.1, 0.15) is 6.07 Å². The van der Waals surface area contributed by atoms with E-state index in [-0.39, 0.29) is 99.8 Å². The number of aromatic nitrogens is 4. The Morgan fingerprint density at radius 1 is 0.291 bits per heavy atom. The van der Waals surface area contributed by atoms with E-state index in [0.29, 0.717) is 44.6 Å². The van der Waals surface area contributed by atoms with E-state index < -0.39 is 214 Å². The third kappa shape index (κ3) is 10.8. The summed E-state index contributed by atoms with van der Waals surface area (Å²) in [6, 6.07) is 37.3. The smallest absolute Gasteiger partial charge is 0.252 e. The van der Waals surface area contributed by atoms with Crippen LogP contribution in [-0.2, 0) is 16.2 Å². The Labute approximate surface area is 721 Å². The molecule has 558 valence electrons. The highest BCUT2D eigenvalue weighted by Gasteiger charge is 2.46. The maximum Gasteiger partial charge on any atom is 0.252 e. The van der Waals surface area contributed by atoms with Crippen LogP contribution in [0.2, 0.25) is 0 Å². The van der Waals surface area contributed by atoms with Crippen molar-refractivity contribution >= 4 is 144 Å². The van der Waals surface area contributed by atoms with Gasteiger partial charge in [-0.2, -0.15) is 5.26 Å². The van der Waals surface area contributed by atoms with Crippen LogP contribution in [-0.4, -0.2) is 25.0 Å². The number of hydrogen-bond acceptors (Lipinski definition) is 3. The van der Waals surface area contributed by atoms with E-state index in [0.717, 1.165) is 49.6 Å². The van der Waals surface area contributed by atoms with Crippen molar-refractivity contribution in [1.82, 2.24) is 18.3 Å². The Balaban J connectivity index is 0.978. The van der Waals surface area contributed by atoms with Crippen LogP contribution in [0.15, 0.2) is 345 Å². The van der Waals surface area contributed by atoms with Gasteiger partial charge in [-0.1, -0.05) is 274 Å². The fraction of sp³-hybridized carbons (Fsp3) is 0.110. The maximum atomic E-state index is 12.6. The number of fused-ring (bicyclic) bond motifs is 16. The van der Waals surface area contributed by atoms with Crippen molar-refractivity contribution in [2.45, 2.75) is 78.6 Å². The van der Waals surface area contributed by atoms with Crippen molar-refractivity contribution in [2.24, 2.45) is 0 Å². The quantitative estimate of drug-likeness (QED) is 0.135. The van der Waals surface area contributed by atoms with Gasteiger partial charge in [0, 0.05) is 94.0 Å². The molecule has 0 aliphatic carbocycles. The molecule has 8 heteroatoms. The zero-order valence-electron chi connectivity index (χ0n) is 93.0. The number of nitriles is 1. The lowest BCUT2D eigenvalue weighted by Crippen LogP contribution is -2.61. The van der Waals surface area contributed by atoms with Gasteiger partial charge in [-0.3, -0.25) is 0 Å². The molecule has 2 aliphatic heterocycles. The standard InChI is InChI=1S/C109H84BN7/c1-107(2,3)73-47-55-98-88(58-73)89-59-74(108(4,5)6)48-56-99(89)114(98)78-51-53-91-102(64-78)117(106-85(69-31-15-11-16-32-69)60-75(109(7,8)9)61-86(106)70-33-17-12-18-34-70)104-66-79(115-94-42-26-21-37-82(94)83-38-22-27-43-95(83)115)65-103-105(104)110(91)90-52-50-77(112-92-40-24-19-35-80(92)81-36-20-25-41-93(81)112)63-101(90)116(103)100-62-76(49-45-72(100)67-111)113-96-44-28-23-39-84(96)87-57-71(46-54-97(87)113)68-29-13-10-14-30-68/h10-66H,1-9H3/i10D,13D,14D,19D,20D,21D,22D,23D,24D,25D,26D,27D,28D,29D,30D,35D,36D,37D,38D,39D,40D,41D,42D,43D,44D,46D,54D,57D. The molecule has 7 nitrogen and oxygen atoms in total. The van der Waals surface area contributed by atoms with E-state index in [9.17, 15) is 39.5 Å². The van der Waals surface area contributed by atoms with Gasteiger partial charge < -0.3 is 28.1 Å². The van der Waals surface area contributed by atoms with Crippen molar-refractivity contribution in [2.75, 3.05) is 9.80 Å². The molecule has 6 heterocycles. The molecule has 0 atom stereocenters. The summed E-state index contributed by atoms with van der Waals surface area (Å²) in [6.07, 6.45) is 0. The normalized spacial score (nSPS) is 16.3. The molecule has 0 fully saturated rings. The van der Waals surface area contributed by atoms with E-state index in [4.69, 9.17) is 4.11 Å². The summed E-state index contributed by atoms with van der Waals surface area (Å²) in [5, 5.41) is 12.5. The Bertz CT molecular complexity index is 9090. The Morgan fingerprint density at radius 2 is 0.675 bits per heavy atom. The second kappa shape index (κ2) is 25.9. The first-order chi connectivity index (χ1) is 68.5. The summed E-state index contributed by atoms with van der Waals surface area (Å²) in [4.78, 5) is 3.81. The first-order valence-corrected chi connectivity index (χ1v) is 38.7. The van der Waals surface area contributed by atoms with Crippen molar-refractivity contribution in [3.05, 3.63) is 367 Å². The molecule has 22 rings (SSSR count). The maximum absolute atomic E-state index is 12.6. The van der Waals surface area contributed by atoms with Gasteiger partial charge in [-0.15, -0.1) is 0 Å². The van der Waals surface area contributed by atoms with Gasteiger partial charge in [0.25, 0.3) is 6.71 Å². The van der Waals surface area contributed by atoms with Crippen LogP contribution < -0.4 is 26.2 Å². The fourth-order valence-electron chi connectivity index (χ4n) is 17.6. The second-order valence-corrected chi connectivity index (χ2v) is 33.1. The highest BCUT2D eigenvalue weighted by Crippen LogP contribution is 2.54. The molecule has 16 aromatic carbocycles. The molecule has 4 aromatic heterocycles. The van der Waals surface area contributed by atoms with Gasteiger partial charge in [0.2, 0.25) is 0 Å². The third-order valence-corrected chi connectivity index (χ3v) is 23.2. The summed E-state index contributed by atoms with van der Waals surface area (Å²) in [5.41, 5.74) is 5.84. The highest BCUT2D eigenvalue weighted by atomic mass is 15.2. The van der Waals surface area contributed by atoms with E-state index >= 15 is 0 Å². The minimum atomic E-state index is -1.13. The topological polar surface area (TPSA) is 50.0 Å². The third-order valence-electron chi connectivity index (χ3n) is 23.2. The van der Waals surface area contributed by atoms with E-state index in [1.165, 1.54) is 31.9 Å². The van der Waals surface area contributed by atoms with Crippen molar-refractivity contribution < 1.29 is 38.4 Å². The molecule has 0 N–H and O–H groups in total. The fourth-order valence-corrected chi connectivity index (χ4v) is 17.6. The molecule has 0 bridgehead atoms. The van der Waals surface area contributed by atoms with E-state index in [1.54, 1.807) is 35.2 Å². The first-order valence-electron chi connectivity index (χ1n) is 52.7. The number of para-hydroxylation sites is 5. The molecule has 0 spiro atoms. The van der Waals surface area contributed by atoms with Crippen molar-refractivity contribution in [3.8, 4) is 62.2 Å². The molecule has 0 radical (unpaired) electrons. The molecule has 20 aromatic rings. The zero-order chi connectivity index (χ0) is 103. The molecule has 0 amide bonds. The predicted octanol–water partition coefficient (Wildman–Crippen LogP) is 26.9. The van der Waals surface area contributed by atoms with Crippen LogP contribution in [0.3, 0.4) is 0 Å². The minimum absolute atomic E-state index is 0.0247. The minimum Gasteiger partial charge on any atom is -0.310 e. The summed E-state index contributed by atoms with van der Waals surface area (Å²) in [6.45, 7) is 18.2. The monoisotopic (exact) mass is 1530 g/mol. The van der Waals surface area contributed by atoms with Gasteiger partial charge in [0.15, 0.2) is 0 Å². The SMILES string of the molecule is [2H]c1c([2H])c([2H])c(-c2c([2H])c([2H])c3c(c2[2H])c2c([2H])c([2H])c([2H])c([2H])c2n3-c2ccc(C#N)c(N3c4cc(-n5c6c([2H])c([2H])c([2H])c([2H])c6c6c([2H])c([2H])c([2H])c([2H])c65)ccc4B4c5ccc(-n6c7ccc(C(C)(C)C)cc7c7cc(C(C)(C)C)ccc76)cc5N(c5c(-c6ccccc6)cc(C(C)(C)C)cc5-c5ccccc5)c5cc(-n6c7c([2H])c([2H])c([2H])c([2H])c7c7c([2H])c([2H])c([2H])c([2H])c76)cc3c54)c2)c([2H])c1[2H]. The van der Waals surface area contributed by atoms with E-state index in [2.05, 4.69) is 132 Å². The lowest BCUT2D eigenvalue weighted by Gasteiger charge is -2.45. The molecule has 0 saturated heterocycles. The van der Waals surface area contributed by atoms with E-state index in [1.807, 2.05) is 72.8 Å². The van der Waals surface area contributed by atoms with Crippen LogP contribution in [0.5, 0.6) is 0 Å². The second-order valence-electron chi connectivity index (χ2n) is 33.1. The van der Waals surface area contributed by atoms with Crippen molar-refractivity contribution in [1.29, 1.82) is 5.26 Å². The average Bonchev–Trinajstić information content (AvgIpc) is 1.43. The van der Waals surface area contributed by atoms with Gasteiger partial charge >= 0.3 is 0 Å². The molecular weight excluding hydrogens is 1420 g/mol. The summed E-state index contributed by atoms with van der Waals surface area (Å²) >= 11 is 0. The number of benzene rings is 16. The predicted molar refractivity (Wildman–Crippen MR) is 495 cm³/mol. The molecule has 117 heavy (non-hydrogen) atoms. The summed E-state index contributed by atoms with van der Waals surface area (Å²) in [5.74, 6) is 0. The van der Waals surface area contributed by atoms with Crippen molar-refractivity contribution in [3.63, 3.8) is 0 Å². The van der Waals surface area contributed by atoms with Gasteiger partial charge in [0.05, 0.1) is 105 Å². The Kier molecular flexibility index (Phi) is 10.3. The van der Waals surface area contributed by atoms with Crippen LogP contribution in [0.1, 0.15) is 123 Å². The van der Waals surface area contributed by atoms with Crippen LogP contribution in [0, 0.1) is 11.3 Å². The van der Waals surface area contributed by atoms with Gasteiger partial charge in [-0.25, -0.2) is 0 Å². The summed E-state index contributed by atoms with van der Waals surface area (Å²) in [7, 11) is 0. The number of hydrogen-bond donors (Lipinski definition) is 0. The van der Waals surface area contributed by atoms with Gasteiger partial charge in [-0.05, 0) is 205 Å². The summed E-state index contributed by atoms with van der Waals surface area (Å²) < 4.78 is 276. The largest absolute Gasteiger partial charge is 0.310 e. The number of anilines is 6. The molecule has 0 unspecified atom stereocenters. The lowest BCUT2D eigenvalue weighted by molar-refractivity contribution is 0.590. The first kappa shape index (κ1) is 46.3. The van der Waals surface area contributed by atoms with Crippen LogP contribution in [0.4, 0.5) is 34.1 Å². The highest BCUT2D eigenvalue weighted by molar-refractivity contribution is 7.00.